The summed E-state index contributed by atoms with van der Waals surface area (Å²) in [6.07, 6.45) is 0. The predicted molar refractivity (Wildman–Crippen MR) is 83.7 cm³/mol. The van der Waals surface area contributed by atoms with Gasteiger partial charge in [-0.1, -0.05) is 0 Å². The van der Waals surface area contributed by atoms with Gasteiger partial charge in [-0.05, 0) is 46.9 Å². The third-order valence-corrected chi connectivity index (χ3v) is 7.36. The average Bonchev–Trinajstić information content (AvgIpc) is 3.07. The Morgan fingerprint density at radius 2 is 1.68 bits per heavy atom. The number of rotatable bonds is 2. The van der Waals surface area contributed by atoms with Crippen LogP contribution in [0.5, 0.6) is 11.5 Å². The first-order valence-corrected chi connectivity index (χ1v) is 9.59. The molecule has 0 bridgehead atoms. The number of halogens is 1. The zero-order valence-corrected chi connectivity index (χ0v) is 14.3. The lowest BCUT2D eigenvalue weighted by atomic mass is 10.0. The lowest BCUT2D eigenvalue weighted by molar-refractivity contribution is 0.171. The van der Waals surface area contributed by atoms with Gasteiger partial charge in [-0.15, -0.1) is 0 Å². The molecule has 8 heteroatoms. The first-order chi connectivity index (χ1) is 10.6. The first kappa shape index (κ1) is 14.7. The van der Waals surface area contributed by atoms with E-state index in [-0.39, 0.29) is 4.90 Å². The van der Waals surface area contributed by atoms with Crippen LogP contribution in [-0.2, 0) is 10.0 Å². The fourth-order valence-electron chi connectivity index (χ4n) is 3.39. The molecule has 2 saturated heterocycles. The van der Waals surface area contributed by atoms with Crippen molar-refractivity contribution in [3.63, 3.8) is 0 Å². The Labute approximate surface area is 137 Å². The molecule has 2 atom stereocenters. The van der Waals surface area contributed by atoms with Crippen LogP contribution in [0.15, 0.2) is 21.5 Å². The van der Waals surface area contributed by atoms with Crippen molar-refractivity contribution >= 4 is 26.0 Å². The Morgan fingerprint density at radius 3 is 2.32 bits per heavy atom. The van der Waals surface area contributed by atoms with E-state index >= 15 is 0 Å². The lowest BCUT2D eigenvalue weighted by Crippen LogP contribution is -2.32. The van der Waals surface area contributed by atoms with Crippen LogP contribution in [0.1, 0.15) is 0 Å². The molecule has 0 spiro atoms. The average molecular weight is 389 g/mol. The van der Waals surface area contributed by atoms with Crippen molar-refractivity contribution in [3.8, 4) is 11.5 Å². The number of hydrogen-bond acceptors (Lipinski definition) is 5. The van der Waals surface area contributed by atoms with Gasteiger partial charge in [0.05, 0.1) is 0 Å². The molecule has 1 aromatic carbocycles. The zero-order valence-electron chi connectivity index (χ0n) is 11.9. The summed E-state index contributed by atoms with van der Waals surface area (Å²) in [5.41, 5.74) is 0. The molecule has 3 heterocycles. The van der Waals surface area contributed by atoms with Crippen LogP contribution >= 0.6 is 15.9 Å². The van der Waals surface area contributed by atoms with Gasteiger partial charge in [0, 0.05) is 23.6 Å². The number of sulfonamides is 1. The van der Waals surface area contributed by atoms with Crippen molar-refractivity contribution in [2.45, 2.75) is 4.90 Å². The predicted octanol–water partition coefficient (Wildman–Crippen LogP) is 1.06. The topological polar surface area (TPSA) is 67.9 Å². The minimum absolute atomic E-state index is 0.254. The number of hydrogen-bond donors (Lipinski definition) is 1. The Hall–Kier alpha value is -0.830. The van der Waals surface area contributed by atoms with E-state index in [9.17, 15) is 8.42 Å². The minimum atomic E-state index is -3.52. The summed E-state index contributed by atoms with van der Waals surface area (Å²) in [6, 6.07) is 3.25. The molecule has 3 aliphatic rings. The molecule has 0 radical (unpaired) electrons. The highest BCUT2D eigenvalue weighted by atomic mass is 79.9. The lowest BCUT2D eigenvalue weighted by Gasteiger charge is -2.22. The van der Waals surface area contributed by atoms with Gasteiger partial charge in [0.2, 0.25) is 10.0 Å². The highest BCUT2D eigenvalue weighted by Crippen LogP contribution is 2.40. The first-order valence-electron chi connectivity index (χ1n) is 7.36. The van der Waals surface area contributed by atoms with Gasteiger partial charge >= 0.3 is 0 Å². The van der Waals surface area contributed by atoms with Crippen molar-refractivity contribution < 1.29 is 17.9 Å². The van der Waals surface area contributed by atoms with Crippen molar-refractivity contribution in [1.29, 1.82) is 0 Å². The molecule has 4 rings (SSSR count). The Bertz CT molecular complexity index is 697. The second-order valence-corrected chi connectivity index (χ2v) is 8.69. The van der Waals surface area contributed by atoms with Gasteiger partial charge in [0.15, 0.2) is 11.5 Å². The van der Waals surface area contributed by atoms with Gasteiger partial charge in [-0.3, -0.25) is 0 Å². The SMILES string of the molecule is O=S(=O)(c1cc2c(cc1Br)OCCO2)N1C[C@H]2CNC[C@H]2C1. The third-order valence-electron chi connectivity index (χ3n) is 4.57. The molecule has 0 saturated carbocycles. The molecular weight excluding hydrogens is 372 g/mol. The summed E-state index contributed by atoms with van der Waals surface area (Å²) in [7, 11) is -3.52. The summed E-state index contributed by atoms with van der Waals surface area (Å²) in [6.45, 7) is 3.89. The smallest absolute Gasteiger partial charge is 0.244 e. The maximum Gasteiger partial charge on any atom is 0.244 e. The summed E-state index contributed by atoms with van der Waals surface area (Å²) in [5, 5.41) is 3.32. The monoisotopic (exact) mass is 388 g/mol. The van der Waals surface area contributed by atoms with E-state index in [0.717, 1.165) is 13.1 Å². The molecule has 0 aromatic heterocycles. The third kappa shape index (κ3) is 2.33. The van der Waals surface area contributed by atoms with E-state index in [2.05, 4.69) is 21.2 Å². The summed E-state index contributed by atoms with van der Waals surface area (Å²) in [4.78, 5) is 0.254. The molecule has 3 aliphatic heterocycles. The maximum atomic E-state index is 13.0. The molecular formula is C14H17BrN2O4S. The fourth-order valence-corrected chi connectivity index (χ4v) is 5.94. The Morgan fingerprint density at radius 1 is 1.09 bits per heavy atom. The largest absolute Gasteiger partial charge is 0.486 e. The van der Waals surface area contributed by atoms with Crippen LogP contribution in [-0.4, -0.2) is 52.1 Å². The summed E-state index contributed by atoms with van der Waals surface area (Å²) < 4.78 is 39.0. The van der Waals surface area contributed by atoms with Crippen molar-refractivity contribution in [3.05, 3.63) is 16.6 Å². The summed E-state index contributed by atoms with van der Waals surface area (Å²) >= 11 is 3.37. The molecule has 1 N–H and O–H groups in total. The molecule has 0 unspecified atom stereocenters. The molecule has 0 amide bonds. The zero-order chi connectivity index (χ0) is 15.3. The molecule has 22 heavy (non-hydrogen) atoms. The van der Waals surface area contributed by atoms with Crippen LogP contribution in [0.25, 0.3) is 0 Å². The van der Waals surface area contributed by atoms with Crippen LogP contribution in [0.2, 0.25) is 0 Å². The number of nitrogens with zero attached hydrogens (tertiary/aromatic N) is 1. The van der Waals surface area contributed by atoms with E-state index in [1.807, 2.05) is 0 Å². The normalized spacial score (nSPS) is 27.9. The quantitative estimate of drug-likeness (QED) is 0.820. The number of ether oxygens (including phenoxy) is 2. The molecule has 2 fully saturated rings. The van der Waals surface area contributed by atoms with Crippen LogP contribution in [0.4, 0.5) is 0 Å². The standard InChI is InChI=1S/C14H17BrN2O4S/c15-11-3-12-13(21-2-1-20-12)4-14(11)22(18,19)17-7-9-5-16-6-10(9)8-17/h3-4,9-10,16H,1-2,5-8H2/t9-,10+. The highest BCUT2D eigenvalue weighted by molar-refractivity contribution is 9.10. The molecule has 0 aliphatic carbocycles. The van der Waals surface area contributed by atoms with Crippen molar-refractivity contribution in [2.24, 2.45) is 11.8 Å². The Kier molecular flexibility index (Phi) is 3.60. The minimum Gasteiger partial charge on any atom is -0.486 e. The van der Waals surface area contributed by atoms with E-state index in [4.69, 9.17) is 9.47 Å². The molecule has 1 aromatic rings. The van der Waals surface area contributed by atoms with Gasteiger partial charge in [0.25, 0.3) is 0 Å². The van der Waals surface area contributed by atoms with Gasteiger partial charge in [-0.25, -0.2) is 8.42 Å². The van der Waals surface area contributed by atoms with E-state index in [1.165, 1.54) is 0 Å². The molecule has 6 nitrogen and oxygen atoms in total. The van der Waals surface area contributed by atoms with Gasteiger partial charge < -0.3 is 14.8 Å². The van der Waals surface area contributed by atoms with E-state index in [1.54, 1.807) is 16.4 Å². The van der Waals surface area contributed by atoms with Crippen molar-refractivity contribution in [1.82, 2.24) is 9.62 Å². The number of nitrogens with one attached hydrogen (secondary N) is 1. The fraction of sp³-hybridized carbons (Fsp3) is 0.571. The van der Waals surface area contributed by atoms with Crippen LogP contribution in [0, 0.1) is 11.8 Å². The van der Waals surface area contributed by atoms with E-state index in [0.29, 0.717) is 54.1 Å². The maximum absolute atomic E-state index is 13.0. The second-order valence-electron chi connectivity index (χ2n) is 5.93. The van der Waals surface area contributed by atoms with E-state index < -0.39 is 10.0 Å². The van der Waals surface area contributed by atoms with Gasteiger partial charge in [-0.2, -0.15) is 4.31 Å². The molecule has 120 valence electrons. The van der Waals surface area contributed by atoms with Crippen LogP contribution < -0.4 is 14.8 Å². The Balaban J connectivity index is 1.68. The van der Waals surface area contributed by atoms with Crippen LogP contribution in [0.3, 0.4) is 0 Å². The summed E-state index contributed by atoms with van der Waals surface area (Å²) in [5.74, 6) is 1.92. The second kappa shape index (κ2) is 5.36. The highest BCUT2D eigenvalue weighted by Gasteiger charge is 2.42. The number of benzene rings is 1. The van der Waals surface area contributed by atoms with Crippen molar-refractivity contribution in [2.75, 3.05) is 39.4 Å². The van der Waals surface area contributed by atoms with Gasteiger partial charge in [0.1, 0.15) is 18.1 Å². The number of fused-ring (bicyclic) bond motifs is 2.